The summed E-state index contributed by atoms with van der Waals surface area (Å²) in [7, 11) is 1.91. The average molecular weight is 333 g/mol. The first kappa shape index (κ1) is 18.3. The highest BCUT2D eigenvalue weighted by Crippen LogP contribution is 2.20. The number of aryl methyl sites for hydroxylation is 2. The van der Waals surface area contributed by atoms with E-state index in [0.717, 1.165) is 17.0 Å². The zero-order valence-electron chi connectivity index (χ0n) is 15.0. The molecule has 2 heterocycles. The fourth-order valence-electron chi connectivity index (χ4n) is 2.89. The molecule has 6 nitrogen and oxygen atoms in total. The first-order chi connectivity index (χ1) is 11.3. The minimum Gasteiger partial charge on any atom is -0.467 e. The molecule has 0 saturated carbocycles. The second kappa shape index (κ2) is 7.66. The summed E-state index contributed by atoms with van der Waals surface area (Å²) in [5.74, 6) is 0.345. The third-order valence-corrected chi connectivity index (χ3v) is 4.45. The topological polar surface area (TPSA) is 80.3 Å². The molecule has 2 N–H and O–H groups in total. The van der Waals surface area contributed by atoms with Gasteiger partial charge in [-0.3, -0.25) is 9.48 Å². The summed E-state index contributed by atoms with van der Waals surface area (Å²) in [5, 5.41) is 17.4. The summed E-state index contributed by atoms with van der Waals surface area (Å²) in [6.07, 6.45) is 1.89. The fourth-order valence-corrected chi connectivity index (χ4v) is 2.89. The van der Waals surface area contributed by atoms with Crippen LogP contribution in [0.25, 0.3) is 0 Å². The molecule has 0 aromatic carbocycles. The van der Waals surface area contributed by atoms with Gasteiger partial charge in [0.05, 0.1) is 12.0 Å². The molecule has 1 amide bonds. The lowest BCUT2D eigenvalue weighted by Crippen LogP contribution is -2.38. The van der Waals surface area contributed by atoms with Gasteiger partial charge >= 0.3 is 0 Å². The van der Waals surface area contributed by atoms with Gasteiger partial charge in [0.1, 0.15) is 11.9 Å². The van der Waals surface area contributed by atoms with E-state index in [1.165, 1.54) is 6.26 Å². The van der Waals surface area contributed by atoms with Crippen LogP contribution in [0.5, 0.6) is 0 Å². The van der Waals surface area contributed by atoms with Gasteiger partial charge in [-0.1, -0.05) is 6.92 Å². The van der Waals surface area contributed by atoms with E-state index in [-0.39, 0.29) is 17.9 Å². The molecule has 0 aliphatic carbocycles. The molecule has 2 aromatic heterocycles. The van der Waals surface area contributed by atoms with E-state index in [2.05, 4.69) is 10.4 Å². The van der Waals surface area contributed by atoms with Crippen LogP contribution in [0.2, 0.25) is 0 Å². The van der Waals surface area contributed by atoms with Crippen LogP contribution < -0.4 is 5.32 Å². The Hall–Kier alpha value is -2.08. The third-order valence-electron chi connectivity index (χ3n) is 4.45. The molecule has 0 bridgehead atoms. The summed E-state index contributed by atoms with van der Waals surface area (Å²) in [6, 6.07) is 3.33. The number of nitrogens with one attached hydrogen (secondary N) is 1. The first-order valence-corrected chi connectivity index (χ1v) is 8.30. The number of carbonyl (C=O) groups is 1. The molecule has 3 unspecified atom stereocenters. The van der Waals surface area contributed by atoms with Gasteiger partial charge in [0, 0.05) is 31.1 Å². The Morgan fingerprint density at radius 2 is 2.12 bits per heavy atom. The van der Waals surface area contributed by atoms with Gasteiger partial charge in [-0.05, 0) is 44.9 Å². The molecule has 0 aliphatic rings. The standard InChI is InChI=1S/C18H27N3O3/c1-11(9-15-13(3)20-21(5)14(15)4)18(23)19-12(2)10-16(22)17-7-6-8-24-17/h6-8,11-12,16,22H,9-10H2,1-5H3,(H,19,23). The average Bonchev–Trinajstić information content (AvgIpc) is 3.12. The molecule has 0 fully saturated rings. The lowest BCUT2D eigenvalue weighted by atomic mass is 9.98. The van der Waals surface area contributed by atoms with Crippen LogP contribution in [0, 0.1) is 19.8 Å². The van der Waals surface area contributed by atoms with Crippen molar-refractivity contribution in [1.82, 2.24) is 15.1 Å². The van der Waals surface area contributed by atoms with Crippen molar-refractivity contribution in [3.05, 3.63) is 41.1 Å². The number of aromatic nitrogens is 2. The number of hydrogen-bond donors (Lipinski definition) is 2. The zero-order chi connectivity index (χ0) is 17.9. The van der Waals surface area contributed by atoms with E-state index in [9.17, 15) is 9.90 Å². The molecule has 132 valence electrons. The summed E-state index contributed by atoms with van der Waals surface area (Å²) in [5.41, 5.74) is 3.19. The van der Waals surface area contributed by atoms with E-state index in [1.54, 1.807) is 12.1 Å². The van der Waals surface area contributed by atoms with Crippen molar-refractivity contribution in [3.63, 3.8) is 0 Å². The summed E-state index contributed by atoms with van der Waals surface area (Å²) in [4.78, 5) is 12.4. The van der Waals surface area contributed by atoms with E-state index in [0.29, 0.717) is 18.6 Å². The molecule has 24 heavy (non-hydrogen) atoms. The molecule has 2 rings (SSSR count). The van der Waals surface area contributed by atoms with Gasteiger partial charge in [0.25, 0.3) is 0 Å². The molecule has 0 aliphatic heterocycles. The van der Waals surface area contributed by atoms with Gasteiger partial charge in [-0.2, -0.15) is 5.10 Å². The van der Waals surface area contributed by atoms with Gasteiger partial charge in [0.15, 0.2) is 0 Å². The van der Waals surface area contributed by atoms with Crippen molar-refractivity contribution in [2.75, 3.05) is 0 Å². The maximum Gasteiger partial charge on any atom is 0.223 e. The SMILES string of the molecule is Cc1nn(C)c(C)c1CC(C)C(=O)NC(C)CC(O)c1ccco1. The fraction of sp³-hybridized carbons (Fsp3) is 0.556. The number of carbonyl (C=O) groups excluding carboxylic acids is 1. The summed E-state index contributed by atoms with van der Waals surface area (Å²) >= 11 is 0. The van der Waals surface area contributed by atoms with Gasteiger partial charge < -0.3 is 14.8 Å². The number of nitrogens with zero attached hydrogens (tertiary/aromatic N) is 2. The summed E-state index contributed by atoms with van der Waals surface area (Å²) < 4.78 is 7.03. The number of rotatable bonds is 7. The maximum atomic E-state index is 12.4. The largest absolute Gasteiger partial charge is 0.467 e. The normalized spacial score (nSPS) is 15.1. The second-order valence-corrected chi connectivity index (χ2v) is 6.55. The monoisotopic (exact) mass is 333 g/mol. The Morgan fingerprint density at radius 1 is 1.42 bits per heavy atom. The van der Waals surface area contributed by atoms with Crippen LogP contribution in [0.3, 0.4) is 0 Å². The van der Waals surface area contributed by atoms with E-state index < -0.39 is 6.10 Å². The van der Waals surface area contributed by atoms with Gasteiger partial charge in [-0.25, -0.2) is 0 Å². The molecule has 0 spiro atoms. The van der Waals surface area contributed by atoms with Crippen LogP contribution in [0.1, 0.15) is 49.1 Å². The van der Waals surface area contributed by atoms with Crippen molar-refractivity contribution in [2.45, 2.75) is 52.7 Å². The van der Waals surface area contributed by atoms with Crippen molar-refractivity contribution in [1.29, 1.82) is 0 Å². The first-order valence-electron chi connectivity index (χ1n) is 8.30. The quantitative estimate of drug-likeness (QED) is 0.815. The summed E-state index contributed by atoms with van der Waals surface area (Å²) in [6.45, 7) is 7.78. The predicted octanol–water partition coefficient (Wildman–Crippen LogP) is 2.44. The van der Waals surface area contributed by atoms with Gasteiger partial charge in [-0.15, -0.1) is 0 Å². The Bertz CT molecular complexity index is 676. The molecular formula is C18H27N3O3. The molecule has 0 saturated heterocycles. The van der Waals surface area contributed by atoms with Crippen LogP contribution in [-0.2, 0) is 18.3 Å². The maximum absolute atomic E-state index is 12.4. The smallest absolute Gasteiger partial charge is 0.223 e. The second-order valence-electron chi connectivity index (χ2n) is 6.55. The van der Waals surface area contributed by atoms with Crippen LogP contribution in [0.4, 0.5) is 0 Å². The van der Waals surface area contributed by atoms with Gasteiger partial charge in [0.2, 0.25) is 5.91 Å². The number of aliphatic hydroxyl groups is 1. The number of furan rings is 1. The molecule has 3 atom stereocenters. The zero-order valence-corrected chi connectivity index (χ0v) is 15.0. The Kier molecular flexibility index (Phi) is 5.83. The molecule has 2 aromatic rings. The number of aliphatic hydroxyl groups excluding tert-OH is 1. The van der Waals surface area contributed by atoms with Crippen molar-refractivity contribution >= 4 is 5.91 Å². The highest BCUT2D eigenvalue weighted by Gasteiger charge is 2.21. The Morgan fingerprint density at radius 3 is 2.67 bits per heavy atom. The third kappa shape index (κ3) is 4.26. The van der Waals surface area contributed by atoms with Crippen LogP contribution in [-0.4, -0.2) is 26.8 Å². The lowest BCUT2D eigenvalue weighted by Gasteiger charge is -2.19. The Balaban J connectivity index is 1.89. The highest BCUT2D eigenvalue weighted by molar-refractivity contribution is 5.78. The van der Waals surface area contributed by atoms with Crippen LogP contribution >= 0.6 is 0 Å². The Labute approximate surface area is 142 Å². The molecular weight excluding hydrogens is 306 g/mol. The highest BCUT2D eigenvalue weighted by atomic mass is 16.4. The minimum atomic E-state index is -0.714. The molecule has 6 heteroatoms. The minimum absolute atomic E-state index is 0.0169. The van der Waals surface area contributed by atoms with E-state index in [4.69, 9.17) is 4.42 Å². The van der Waals surface area contributed by atoms with Crippen molar-refractivity contribution < 1.29 is 14.3 Å². The van der Waals surface area contributed by atoms with Crippen molar-refractivity contribution in [3.8, 4) is 0 Å². The molecule has 0 radical (unpaired) electrons. The number of amides is 1. The van der Waals surface area contributed by atoms with Crippen LogP contribution in [0.15, 0.2) is 22.8 Å². The predicted molar refractivity (Wildman–Crippen MR) is 91.4 cm³/mol. The number of hydrogen-bond acceptors (Lipinski definition) is 4. The van der Waals surface area contributed by atoms with Crippen molar-refractivity contribution in [2.24, 2.45) is 13.0 Å². The van der Waals surface area contributed by atoms with E-state index >= 15 is 0 Å². The lowest BCUT2D eigenvalue weighted by molar-refractivity contribution is -0.125. The van der Waals surface area contributed by atoms with E-state index in [1.807, 2.05) is 39.4 Å².